The number of unbranched alkanes of at least 4 members (excludes halogenated alkanes) is 1. The van der Waals surface area contributed by atoms with Crippen molar-refractivity contribution < 1.29 is 0 Å². The highest BCUT2D eigenvalue weighted by atomic mass is 79.9. The summed E-state index contributed by atoms with van der Waals surface area (Å²) in [5.41, 5.74) is 1.40. The molecule has 0 radical (unpaired) electrons. The zero-order chi connectivity index (χ0) is 12.8. The Labute approximate surface area is 118 Å². The monoisotopic (exact) mass is 311 g/mol. The van der Waals surface area contributed by atoms with Gasteiger partial charge in [-0.05, 0) is 40.0 Å². The minimum atomic E-state index is 0.548. The first kappa shape index (κ1) is 14.0. The van der Waals surface area contributed by atoms with Crippen LogP contribution >= 0.6 is 15.9 Å². The Bertz CT molecular complexity index is 364. The molecule has 0 bridgehead atoms. The smallest absolute Gasteiger partial charge is 0.106 e. The van der Waals surface area contributed by atoms with Gasteiger partial charge in [-0.1, -0.05) is 19.8 Å². The maximum atomic E-state index is 4.23. The molecule has 1 aliphatic heterocycles. The fourth-order valence-corrected chi connectivity index (χ4v) is 2.96. The molecule has 0 unspecified atom stereocenters. The zero-order valence-electron chi connectivity index (χ0n) is 11.0. The number of rotatable bonds is 5. The third-order valence-corrected chi connectivity index (χ3v) is 3.99. The molecule has 1 aromatic rings. The summed E-state index contributed by atoms with van der Waals surface area (Å²) in [5, 5.41) is 3.43. The molecule has 0 aliphatic carbocycles. The summed E-state index contributed by atoms with van der Waals surface area (Å²) < 4.78 is 0.941. The second-order valence-electron chi connectivity index (χ2n) is 4.86. The molecule has 0 saturated carbocycles. The number of piperazine rings is 1. The molecule has 3 nitrogen and oxygen atoms in total. The number of nitrogens with one attached hydrogen (secondary N) is 1. The summed E-state index contributed by atoms with van der Waals surface area (Å²) in [6.07, 6.45) is 5.69. The minimum Gasteiger partial charge on any atom is -0.314 e. The van der Waals surface area contributed by atoms with Crippen LogP contribution in [0.3, 0.4) is 0 Å². The van der Waals surface area contributed by atoms with Crippen molar-refractivity contribution in [3.8, 4) is 0 Å². The standard InChI is InChI=1S/C14H22BrN3/c1-2-3-4-13(18-9-7-16-8-10-18)12-5-6-17-14(15)11-12/h5-6,11,13,16H,2-4,7-10H2,1H3/t13-/m1/s1. The molecule has 1 aliphatic rings. The van der Waals surface area contributed by atoms with E-state index < -0.39 is 0 Å². The quantitative estimate of drug-likeness (QED) is 0.847. The highest BCUT2D eigenvalue weighted by molar-refractivity contribution is 9.10. The van der Waals surface area contributed by atoms with Crippen LogP contribution in [0.5, 0.6) is 0 Å². The van der Waals surface area contributed by atoms with Crippen LogP contribution in [0.15, 0.2) is 22.9 Å². The molecule has 0 amide bonds. The van der Waals surface area contributed by atoms with Crippen molar-refractivity contribution in [2.45, 2.75) is 32.2 Å². The average Bonchev–Trinajstić information content (AvgIpc) is 2.40. The molecule has 2 rings (SSSR count). The molecular formula is C14H22BrN3. The second-order valence-corrected chi connectivity index (χ2v) is 5.67. The Morgan fingerprint density at radius 2 is 2.22 bits per heavy atom. The van der Waals surface area contributed by atoms with Gasteiger partial charge in [0.1, 0.15) is 4.60 Å². The molecule has 1 N–H and O–H groups in total. The van der Waals surface area contributed by atoms with E-state index in [-0.39, 0.29) is 0 Å². The lowest BCUT2D eigenvalue weighted by atomic mass is 10.00. The maximum absolute atomic E-state index is 4.23. The zero-order valence-corrected chi connectivity index (χ0v) is 12.6. The van der Waals surface area contributed by atoms with Gasteiger partial charge in [-0.3, -0.25) is 4.90 Å². The Balaban J connectivity index is 2.12. The van der Waals surface area contributed by atoms with Crippen LogP contribution in [0.4, 0.5) is 0 Å². The number of halogens is 1. The molecule has 1 atom stereocenters. The van der Waals surface area contributed by atoms with E-state index >= 15 is 0 Å². The molecular weight excluding hydrogens is 290 g/mol. The maximum Gasteiger partial charge on any atom is 0.106 e. The fraction of sp³-hybridized carbons (Fsp3) is 0.643. The summed E-state index contributed by atoms with van der Waals surface area (Å²) in [6.45, 7) is 6.77. The Morgan fingerprint density at radius 1 is 1.44 bits per heavy atom. The minimum absolute atomic E-state index is 0.548. The van der Waals surface area contributed by atoms with Crippen molar-refractivity contribution in [1.82, 2.24) is 15.2 Å². The van der Waals surface area contributed by atoms with Gasteiger partial charge in [-0.2, -0.15) is 0 Å². The van der Waals surface area contributed by atoms with E-state index in [0.29, 0.717) is 6.04 Å². The molecule has 18 heavy (non-hydrogen) atoms. The van der Waals surface area contributed by atoms with Gasteiger partial charge in [0.05, 0.1) is 0 Å². The molecule has 1 aromatic heterocycles. The molecule has 100 valence electrons. The van der Waals surface area contributed by atoms with Gasteiger partial charge in [-0.15, -0.1) is 0 Å². The van der Waals surface area contributed by atoms with Crippen molar-refractivity contribution in [3.63, 3.8) is 0 Å². The van der Waals surface area contributed by atoms with E-state index in [0.717, 1.165) is 30.8 Å². The largest absolute Gasteiger partial charge is 0.314 e. The van der Waals surface area contributed by atoms with Crippen molar-refractivity contribution in [1.29, 1.82) is 0 Å². The van der Waals surface area contributed by atoms with Gasteiger partial charge in [0.2, 0.25) is 0 Å². The van der Waals surface area contributed by atoms with Gasteiger partial charge in [0.25, 0.3) is 0 Å². The van der Waals surface area contributed by atoms with Crippen LogP contribution in [-0.2, 0) is 0 Å². The number of aromatic nitrogens is 1. The van der Waals surface area contributed by atoms with Crippen molar-refractivity contribution >= 4 is 15.9 Å². The number of hydrogen-bond donors (Lipinski definition) is 1. The van der Waals surface area contributed by atoms with Crippen LogP contribution in [0.1, 0.15) is 37.8 Å². The predicted molar refractivity (Wildman–Crippen MR) is 78.6 cm³/mol. The van der Waals surface area contributed by atoms with Gasteiger partial charge in [-0.25, -0.2) is 4.98 Å². The molecule has 2 heterocycles. The normalized spacial score (nSPS) is 18.8. The fourth-order valence-electron chi connectivity index (χ4n) is 2.58. The van der Waals surface area contributed by atoms with Crippen LogP contribution in [-0.4, -0.2) is 36.1 Å². The first-order valence-corrected chi connectivity index (χ1v) is 7.66. The lowest BCUT2D eigenvalue weighted by molar-refractivity contribution is 0.163. The Hall–Kier alpha value is -0.450. The SMILES string of the molecule is CCCC[C@H](c1ccnc(Br)c1)N1CCNCC1. The highest BCUT2D eigenvalue weighted by Gasteiger charge is 2.21. The number of nitrogens with zero attached hydrogens (tertiary/aromatic N) is 2. The summed E-state index contributed by atoms with van der Waals surface area (Å²) in [4.78, 5) is 6.84. The molecule has 1 fully saturated rings. The lowest BCUT2D eigenvalue weighted by Crippen LogP contribution is -2.45. The average molecular weight is 312 g/mol. The number of pyridine rings is 1. The van der Waals surface area contributed by atoms with Gasteiger partial charge < -0.3 is 5.32 Å². The summed E-state index contributed by atoms with van der Waals surface area (Å²) in [7, 11) is 0. The lowest BCUT2D eigenvalue weighted by Gasteiger charge is -2.35. The van der Waals surface area contributed by atoms with E-state index in [1.54, 1.807) is 0 Å². The predicted octanol–water partition coefficient (Wildman–Crippen LogP) is 2.98. The Kier molecular flexibility index (Phi) is 5.60. The molecule has 0 aromatic carbocycles. The van der Waals surface area contributed by atoms with E-state index in [1.165, 1.54) is 24.8 Å². The van der Waals surface area contributed by atoms with Crippen LogP contribution in [0.2, 0.25) is 0 Å². The van der Waals surface area contributed by atoms with E-state index in [4.69, 9.17) is 0 Å². The van der Waals surface area contributed by atoms with Crippen LogP contribution in [0, 0.1) is 0 Å². The number of hydrogen-bond acceptors (Lipinski definition) is 3. The summed E-state index contributed by atoms with van der Waals surface area (Å²) >= 11 is 3.48. The Morgan fingerprint density at radius 3 is 2.89 bits per heavy atom. The molecule has 1 saturated heterocycles. The highest BCUT2D eigenvalue weighted by Crippen LogP contribution is 2.27. The topological polar surface area (TPSA) is 28.2 Å². The summed E-state index contributed by atoms with van der Waals surface area (Å²) in [5.74, 6) is 0. The third-order valence-electron chi connectivity index (χ3n) is 3.56. The third kappa shape index (κ3) is 3.77. The van der Waals surface area contributed by atoms with E-state index in [2.05, 4.69) is 50.2 Å². The summed E-state index contributed by atoms with van der Waals surface area (Å²) in [6, 6.07) is 4.88. The first-order valence-electron chi connectivity index (χ1n) is 6.87. The van der Waals surface area contributed by atoms with Crippen LogP contribution in [0.25, 0.3) is 0 Å². The van der Waals surface area contributed by atoms with Gasteiger partial charge in [0, 0.05) is 38.4 Å². The van der Waals surface area contributed by atoms with E-state index in [1.807, 2.05) is 6.20 Å². The van der Waals surface area contributed by atoms with Crippen molar-refractivity contribution in [2.24, 2.45) is 0 Å². The molecule has 0 spiro atoms. The second kappa shape index (κ2) is 7.22. The van der Waals surface area contributed by atoms with Crippen LogP contribution < -0.4 is 5.32 Å². The van der Waals surface area contributed by atoms with Crippen molar-refractivity contribution in [3.05, 3.63) is 28.5 Å². The van der Waals surface area contributed by atoms with Crippen molar-refractivity contribution in [2.75, 3.05) is 26.2 Å². The van der Waals surface area contributed by atoms with Gasteiger partial charge >= 0.3 is 0 Å². The van der Waals surface area contributed by atoms with Gasteiger partial charge in [0.15, 0.2) is 0 Å². The first-order chi connectivity index (χ1) is 8.81. The van der Waals surface area contributed by atoms with E-state index in [9.17, 15) is 0 Å². The molecule has 4 heteroatoms.